The third-order valence-corrected chi connectivity index (χ3v) is 6.19. The summed E-state index contributed by atoms with van der Waals surface area (Å²) in [7, 11) is 0. The van der Waals surface area contributed by atoms with E-state index in [4.69, 9.17) is 4.74 Å². The molecule has 3 aromatic carbocycles. The molecule has 0 saturated carbocycles. The molecule has 0 spiro atoms. The lowest BCUT2D eigenvalue weighted by molar-refractivity contribution is 0.191. The van der Waals surface area contributed by atoms with Crippen molar-refractivity contribution in [2.24, 2.45) is 0 Å². The van der Waals surface area contributed by atoms with Crippen LogP contribution < -0.4 is 10.1 Å². The minimum atomic E-state index is 0.138. The molecular formula is C31H40N2O3. The van der Waals surface area contributed by atoms with Gasteiger partial charge in [-0.1, -0.05) is 68.4 Å². The summed E-state index contributed by atoms with van der Waals surface area (Å²) in [5, 5.41) is 22.8. The Kier molecular flexibility index (Phi) is 11.5. The number of hydrogen-bond donors (Lipinski definition) is 3. The first-order valence-corrected chi connectivity index (χ1v) is 13.1. The fourth-order valence-electron chi connectivity index (χ4n) is 4.40. The number of aliphatic hydroxyl groups excluding tert-OH is 1. The molecule has 0 amide bonds. The van der Waals surface area contributed by atoms with E-state index in [1.54, 1.807) is 12.1 Å². The molecule has 0 aliphatic carbocycles. The van der Waals surface area contributed by atoms with Gasteiger partial charge < -0.3 is 20.3 Å². The highest BCUT2D eigenvalue weighted by Crippen LogP contribution is 2.36. The van der Waals surface area contributed by atoms with Crippen LogP contribution >= 0.6 is 0 Å². The molecule has 0 bridgehead atoms. The van der Waals surface area contributed by atoms with Crippen molar-refractivity contribution in [2.75, 3.05) is 45.9 Å². The van der Waals surface area contributed by atoms with Crippen LogP contribution in [0.25, 0.3) is 11.1 Å². The number of phenolic OH excluding ortho intramolecular Hbond substituents is 1. The Morgan fingerprint density at radius 1 is 0.833 bits per heavy atom. The molecule has 0 radical (unpaired) electrons. The number of nitrogens with one attached hydrogen (secondary N) is 1. The third-order valence-electron chi connectivity index (χ3n) is 6.19. The fraction of sp³-hybridized carbons (Fsp3) is 0.355. The second-order valence-electron chi connectivity index (χ2n) is 8.56. The van der Waals surface area contributed by atoms with Crippen molar-refractivity contribution in [1.29, 1.82) is 0 Å². The van der Waals surface area contributed by atoms with E-state index in [0.717, 1.165) is 67.2 Å². The van der Waals surface area contributed by atoms with Crippen LogP contribution in [0.15, 0.2) is 78.9 Å². The van der Waals surface area contributed by atoms with Gasteiger partial charge in [-0.05, 0) is 64.9 Å². The normalized spacial score (nSPS) is 14.4. The largest absolute Gasteiger partial charge is 0.508 e. The zero-order valence-corrected chi connectivity index (χ0v) is 21.6. The summed E-state index contributed by atoms with van der Waals surface area (Å²) in [5.74, 6) is 1.11. The lowest BCUT2D eigenvalue weighted by atomic mass is 9.87. The number of hydrogen-bond acceptors (Lipinski definition) is 5. The summed E-state index contributed by atoms with van der Waals surface area (Å²) < 4.78 is 6.03. The van der Waals surface area contributed by atoms with Crippen LogP contribution in [0, 0.1) is 0 Å². The topological polar surface area (TPSA) is 65.0 Å². The van der Waals surface area contributed by atoms with Crippen LogP contribution in [0.2, 0.25) is 0 Å². The Balaban J connectivity index is 0.00000176. The van der Waals surface area contributed by atoms with Crippen molar-refractivity contribution in [3.8, 4) is 11.5 Å². The van der Waals surface area contributed by atoms with Gasteiger partial charge in [0.15, 0.2) is 0 Å². The van der Waals surface area contributed by atoms with Crippen molar-refractivity contribution >= 4 is 11.1 Å². The minimum absolute atomic E-state index is 0.138. The number of nitrogens with zero attached hydrogens (tertiary/aromatic N) is 1. The van der Waals surface area contributed by atoms with Crippen LogP contribution in [0.1, 0.15) is 43.4 Å². The molecule has 1 heterocycles. The predicted octanol–water partition coefficient (Wildman–Crippen LogP) is 5.43. The Hall–Kier alpha value is -3.12. The Morgan fingerprint density at radius 3 is 2.06 bits per heavy atom. The van der Waals surface area contributed by atoms with Crippen molar-refractivity contribution in [2.45, 2.75) is 26.7 Å². The zero-order valence-electron chi connectivity index (χ0n) is 21.6. The second kappa shape index (κ2) is 15.1. The van der Waals surface area contributed by atoms with Crippen LogP contribution in [0.3, 0.4) is 0 Å². The first kappa shape index (κ1) is 27.5. The summed E-state index contributed by atoms with van der Waals surface area (Å²) in [4.78, 5) is 2.42. The van der Waals surface area contributed by atoms with E-state index in [-0.39, 0.29) is 12.4 Å². The Bertz CT molecular complexity index is 1040. The Morgan fingerprint density at radius 2 is 1.44 bits per heavy atom. The van der Waals surface area contributed by atoms with Gasteiger partial charge in [-0.25, -0.2) is 0 Å². The molecule has 192 valence electrons. The maximum Gasteiger partial charge on any atom is 0.119 e. The van der Waals surface area contributed by atoms with Gasteiger partial charge in [0, 0.05) is 39.3 Å². The minimum Gasteiger partial charge on any atom is -0.508 e. The number of aromatic hydroxyl groups is 1. The van der Waals surface area contributed by atoms with E-state index in [1.807, 2.05) is 56.3 Å². The van der Waals surface area contributed by atoms with E-state index in [2.05, 4.69) is 34.5 Å². The second-order valence-corrected chi connectivity index (χ2v) is 8.56. The van der Waals surface area contributed by atoms with Gasteiger partial charge in [0.2, 0.25) is 0 Å². The first-order chi connectivity index (χ1) is 17.7. The summed E-state index contributed by atoms with van der Waals surface area (Å²) in [6.07, 6.45) is 1.43. The molecule has 1 aliphatic heterocycles. The fourth-order valence-corrected chi connectivity index (χ4v) is 4.40. The molecule has 36 heavy (non-hydrogen) atoms. The van der Waals surface area contributed by atoms with Crippen LogP contribution in [-0.4, -0.2) is 61.1 Å². The smallest absolute Gasteiger partial charge is 0.119 e. The number of ether oxygens (including phenoxy) is 1. The number of allylic oxidation sites excluding steroid dienone is 1. The van der Waals surface area contributed by atoms with Crippen molar-refractivity contribution in [3.05, 3.63) is 95.6 Å². The highest BCUT2D eigenvalue weighted by molar-refractivity contribution is 5.98. The van der Waals surface area contributed by atoms with Crippen LogP contribution in [-0.2, 0) is 0 Å². The van der Waals surface area contributed by atoms with Crippen molar-refractivity contribution in [3.63, 3.8) is 0 Å². The van der Waals surface area contributed by atoms with Gasteiger partial charge in [-0.2, -0.15) is 0 Å². The number of rotatable bonds is 10. The quantitative estimate of drug-likeness (QED) is 0.332. The van der Waals surface area contributed by atoms with Crippen molar-refractivity contribution in [1.82, 2.24) is 10.2 Å². The molecule has 0 unspecified atom stereocenters. The molecular weight excluding hydrogens is 448 g/mol. The molecule has 3 N–H and O–H groups in total. The molecule has 5 heteroatoms. The summed E-state index contributed by atoms with van der Waals surface area (Å²) >= 11 is 0. The number of benzene rings is 3. The van der Waals surface area contributed by atoms with E-state index >= 15 is 0 Å². The van der Waals surface area contributed by atoms with E-state index in [0.29, 0.717) is 13.0 Å². The molecule has 4 rings (SSSR count). The van der Waals surface area contributed by atoms with Gasteiger partial charge in [0.25, 0.3) is 0 Å². The third kappa shape index (κ3) is 7.95. The average molecular weight is 489 g/mol. The predicted molar refractivity (Wildman–Crippen MR) is 149 cm³/mol. The maximum absolute atomic E-state index is 9.85. The maximum atomic E-state index is 9.85. The highest BCUT2D eigenvalue weighted by Gasteiger charge is 2.15. The van der Waals surface area contributed by atoms with Gasteiger partial charge >= 0.3 is 0 Å². The van der Waals surface area contributed by atoms with Gasteiger partial charge in [-0.15, -0.1) is 0 Å². The van der Waals surface area contributed by atoms with E-state index in [9.17, 15) is 10.2 Å². The summed E-state index contributed by atoms with van der Waals surface area (Å²) in [6, 6.07) is 25.9. The summed E-state index contributed by atoms with van der Waals surface area (Å²) in [6.45, 7) is 9.97. The first-order valence-electron chi connectivity index (χ1n) is 13.1. The van der Waals surface area contributed by atoms with Gasteiger partial charge in [0.1, 0.15) is 18.1 Å². The van der Waals surface area contributed by atoms with Crippen molar-refractivity contribution < 1.29 is 14.9 Å². The van der Waals surface area contributed by atoms with E-state index in [1.165, 1.54) is 5.57 Å². The number of piperazine rings is 1. The standard InChI is InChI=1S/C29H34N2O3.C2H6/c32-21-4-7-28(23-5-2-1-3-6-23)29(24-8-12-26(33)13-9-24)25-10-14-27(15-11-25)34-22-20-31-18-16-30-17-19-31;1-2/h1-3,5-6,8-15,30,32-33H,4,7,16-22H2;1-2H3/b29-28-;. The molecule has 5 nitrogen and oxygen atoms in total. The molecule has 1 aliphatic rings. The monoisotopic (exact) mass is 488 g/mol. The van der Waals surface area contributed by atoms with Crippen LogP contribution in [0.5, 0.6) is 11.5 Å². The Labute approximate surface area is 216 Å². The average Bonchev–Trinajstić information content (AvgIpc) is 2.94. The lowest BCUT2D eigenvalue weighted by Crippen LogP contribution is -2.44. The van der Waals surface area contributed by atoms with Gasteiger partial charge in [0.05, 0.1) is 0 Å². The molecule has 3 aromatic rings. The molecule has 0 atom stereocenters. The lowest BCUT2D eigenvalue weighted by Gasteiger charge is -2.26. The molecule has 0 aromatic heterocycles. The number of aliphatic hydroxyl groups is 1. The molecule has 1 saturated heterocycles. The molecule has 1 fully saturated rings. The van der Waals surface area contributed by atoms with Gasteiger partial charge in [-0.3, -0.25) is 4.90 Å². The SMILES string of the molecule is CC.OCCC/C(=C(\c1ccc(O)cc1)c1ccc(OCCN2CCNCC2)cc1)c1ccccc1. The van der Waals surface area contributed by atoms with E-state index < -0.39 is 0 Å². The highest BCUT2D eigenvalue weighted by atomic mass is 16.5. The zero-order chi connectivity index (χ0) is 25.6. The number of phenols is 1. The summed E-state index contributed by atoms with van der Waals surface area (Å²) in [5.41, 5.74) is 5.52. The van der Waals surface area contributed by atoms with Crippen LogP contribution in [0.4, 0.5) is 0 Å².